The molecule has 1 heterocycles. The third kappa shape index (κ3) is 1.27. The largest absolute Gasteiger partial charge is 0.506 e. The van der Waals surface area contributed by atoms with Crippen molar-refractivity contribution in [1.82, 2.24) is 4.98 Å². The van der Waals surface area contributed by atoms with Crippen molar-refractivity contribution in [2.75, 3.05) is 0 Å². The summed E-state index contributed by atoms with van der Waals surface area (Å²) < 4.78 is 0. The number of carbonyl (C=O) groups is 1. The van der Waals surface area contributed by atoms with Crippen LogP contribution >= 0.6 is 0 Å². The number of rotatable bonds is 1. The maximum absolute atomic E-state index is 11.4. The molecule has 1 amide bonds. The van der Waals surface area contributed by atoms with Gasteiger partial charge in [0.05, 0.1) is 5.52 Å². The molecule has 0 spiro atoms. The fraction of sp³-hybridized carbons (Fsp3) is 0. The van der Waals surface area contributed by atoms with Crippen molar-refractivity contribution in [2.24, 2.45) is 5.73 Å². The zero-order valence-electron chi connectivity index (χ0n) is 8.90. The molecule has 0 aliphatic heterocycles. The zero-order valence-corrected chi connectivity index (χ0v) is 8.90. The van der Waals surface area contributed by atoms with Crippen molar-refractivity contribution in [2.45, 2.75) is 0 Å². The van der Waals surface area contributed by atoms with E-state index >= 15 is 0 Å². The number of primary amides is 1. The van der Waals surface area contributed by atoms with Gasteiger partial charge in [0.2, 0.25) is 5.91 Å². The first-order chi connectivity index (χ1) is 8.18. The Bertz CT molecular complexity index is 744. The minimum atomic E-state index is -0.472. The minimum absolute atomic E-state index is 0.161. The van der Waals surface area contributed by atoms with Gasteiger partial charge in [-0.05, 0) is 18.2 Å². The maximum Gasteiger partial charge on any atom is 0.249 e. The summed E-state index contributed by atoms with van der Waals surface area (Å²) in [5.74, 6) is -0.311. The van der Waals surface area contributed by atoms with E-state index in [0.29, 0.717) is 11.1 Å². The third-order valence-electron chi connectivity index (χ3n) is 2.90. The van der Waals surface area contributed by atoms with Crippen molar-refractivity contribution >= 4 is 27.7 Å². The number of nitrogens with two attached hydrogens (primary N) is 1. The molecule has 0 atom stereocenters. The number of hydrogen-bond donors (Lipinski definition) is 3. The van der Waals surface area contributed by atoms with Crippen LogP contribution in [0.5, 0.6) is 5.75 Å². The lowest BCUT2D eigenvalue weighted by Gasteiger charge is -1.98. The van der Waals surface area contributed by atoms with Gasteiger partial charge >= 0.3 is 0 Å². The summed E-state index contributed by atoms with van der Waals surface area (Å²) in [6, 6.07) is 10.5. The topological polar surface area (TPSA) is 79.1 Å². The molecule has 3 rings (SSSR count). The SMILES string of the molecule is NC(=O)c1cccc2[nH]c3c(O)cccc3c12. The van der Waals surface area contributed by atoms with Crippen molar-refractivity contribution in [3.63, 3.8) is 0 Å². The van der Waals surface area contributed by atoms with Crippen LogP contribution in [0.25, 0.3) is 21.8 Å². The highest BCUT2D eigenvalue weighted by Gasteiger charge is 2.13. The first-order valence-corrected chi connectivity index (χ1v) is 5.20. The number of carbonyl (C=O) groups excluding carboxylic acids is 1. The molecular weight excluding hydrogens is 216 g/mol. The normalized spacial score (nSPS) is 11.1. The van der Waals surface area contributed by atoms with Gasteiger partial charge in [-0.25, -0.2) is 0 Å². The van der Waals surface area contributed by atoms with Crippen LogP contribution in [0.2, 0.25) is 0 Å². The first-order valence-electron chi connectivity index (χ1n) is 5.20. The van der Waals surface area contributed by atoms with Crippen LogP contribution in [0.4, 0.5) is 0 Å². The smallest absolute Gasteiger partial charge is 0.249 e. The lowest BCUT2D eigenvalue weighted by atomic mass is 10.1. The van der Waals surface area contributed by atoms with Crippen LogP contribution in [0.15, 0.2) is 36.4 Å². The molecule has 84 valence electrons. The molecule has 0 aliphatic carbocycles. The van der Waals surface area contributed by atoms with E-state index < -0.39 is 5.91 Å². The number of phenolic OH excluding ortho intramolecular Hbond substituents is 1. The predicted molar refractivity (Wildman–Crippen MR) is 66.0 cm³/mol. The number of aromatic hydroxyl groups is 1. The Labute approximate surface area is 96.7 Å². The summed E-state index contributed by atoms with van der Waals surface area (Å²) in [5.41, 5.74) is 7.22. The summed E-state index contributed by atoms with van der Waals surface area (Å²) in [5, 5.41) is 11.3. The number of hydrogen-bond acceptors (Lipinski definition) is 2. The van der Waals surface area contributed by atoms with Gasteiger partial charge in [-0.3, -0.25) is 4.79 Å². The number of para-hydroxylation sites is 1. The van der Waals surface area contributed by atoms with Crippen molar-refractivity contribution in [1.29, 1.82) is 0 Å². The van der Waals surface area contributed by atoms with Gasteiger partial charge in [-0.2, -0.15) is 0 Å². The fourth-order valence-electron chi connectivity index (χ4n) is 2.17. The van der Waals surface area contributed by atoms with Gasteiger partial charge in [-0.1, -0.05) is 18.2 Å². The first kappa shape index (κ1) is 9.72. The molecule has 2 aromatic carbocycles. The van der Waals surface area contributed by atoms with Crippen molar-refractivity contribution in [3.8, 4) is 5.75 Å². The molecule has 0 fully saturated rings. The van der Waals surface area contributed by atoms with Crippen LogP contribution in [0.1, 0.15) is 10.4 Å². The Morgan fingerprint density at radius 3 is 2.71 bits per heavy atom. The molecule has 3 aromatic rings. The number of nitrogens with one attached hydrogen (secondary N) is 1. The summed E-state index contributed by atoms with van der Waals surface area (Å²) in [6.45, 7) is 0. The molecule has 0 saturated heterocycles. The number of fused-ring (bicyclic) bond motifs is 3. The van der Waals surface area contributed by atoms with Gasteiger partial charge in [0.15, 0.2) is 0 Å². The van der Waals surface area contributed by atoms with Crippen LogP contribution in [-0.4, -0.2) is 16.0 Å². The van der Waals surface area contributed by atoms with E-state index in [1.807, 2.05) is 12.1 Å². The fourth-order valence-corrected chi connectivity index (χ4v) is 2.17. The number of aromatic nitrogens is 1. The minimum Gasteiger partial charge on any atom is -0.506 e. The Morgan fingerprint density at radius 1 is 1.18 bits per heavy atom. The predicted octanol–water partition coefficient (Wildman–Crippen LogP) is 2.13. The molecule has 0 aliphatic rings. The van der Waals surface area contributed by atoms with Gasteiger partial charge in [0, 0.05) is 21.9 Å². The number of benzene rings is 2. The van der Waals surface area contributed by atoms with Crippen molar-refractivity contribution in [3.05, 3.63) is 42.0 Å². The highest BCUT2D eigenvalue weighted by Crippen LogP contribution is 2.32. The van der Waals surface area contributed by atoms with E-state index in [9.17, 15) is 9.90 Å². The quantitative estimate of drug-likeness (QED) is 0.594. The lowest BCUT2D eigenvalue weighted by Crippen LogP contribution is -2.10. The summed E-state index contributed by atoms with van der Waals surface area (Å²) in [6.07, 6.45) is 0. The highest BCUT2D eigenvalue weighted by atomic mass is 16.3. The molecule has 4 N–H and O–H groups in total. The van der Waals surface area contributed by atoms with Crippen molar-refractivity contribution < 1.29 is 9.90 Å². The van der Waals surface area contributed by atoms with Gasteiger partial charge in [0.1, 0.15) is 5.75 Å². The Morgan fingerprint density at radius 2 is 1.94 bits per heavy atom. The van der Waals surface area contributed by atoms with E-state index in [4.69, 9.17) is 5.73 Å². The molecular formula is C13H10N2O2. The van der Waals surface area contributed by atoms with E-state index in [0.717, 1.165) is 16.3 Å². The molecule has 17 heavy (non-hydrogen) atoms. The van der Waals surface area contributed by atoms with Crippen LogP contribution < -0.4 is 5.73 Å². The molecule has 1 aromatic heterocycles. The van der Waals surface area contributed by atoms with E-state index in [1.54, 1.807) is 24.3 Å². The summed E-state index contributed by atoms with van der Waals surface area (Å²) >= 11 is 0. The van der Waals surface area contributed by atoms with Crippen LogP contribution in [-0.2, 0) is 0 Å². The van der Waals surface area contributed by atoms with Crippen LogP contribution in [0, 0.1) is 0 Å². The average molecular weight is 226 g/mol. The van der Waals surface area contributed by atoms with E-state index in [1.165, 1.54) is 0 Å². The Hall–Kier alpha value is -2.49. The molecule has 0 unspecified atom stereocenters. The monoisotopic (exact) mass is 226 g/mol. The lowest BCUT2D eigenvalue weighted by molar-refractivity contribution is 0.100. The molecule has 0 radical (unpaired) electrons. The second-order valence-corrected chi connectivity index (χ2v) is 3.92. The number of amides is 1. The van der Waals surface area contributed by atoms with E-state index in [2.05, 4.69) is 4.98 Å². The number of phenols is 1. The third-order valence-corrected chi connectivity index (χ3v) is 2.90. The maximum atomic E-state index is 11.4. The average Bonchev–Trinajstić information content (AvgIpc) is 2.69. The highest BCUT2D eigenvalue weighted by molar-refractivity contribution is 6.18. The van der Waals surface area contributed by atoms with Gasteiger partial charge in [0.25, 0.3) is 0 Å². The summed E-state index contributed by atoms with van der Waals surface area (Å²) in [4.78, 5) is 14.5. The number of aromatic amines is 1. The standard InChI is InChI=1S/C13H10N2O2/c14-13(17)8-4-1-5-9-11(8)7-3-2-6-10(16)12(7)15-9/h1-6,15-16H,(H2,14,17). The van der Waals surface area contributed by atoms with Gasteiger partial charge in [-0.15, -0.1) is 0 Å². The molecule has 0 saturated carbocycles. The van der Waals surface area contributed by atoms with Crippen LogP contribution in [0.3, 0.4) is 0 Å². The Kier molecular flexibility index (Phi) is 1.86. The molecule has 0 bridgehead atoms. The molecule has 4 nitrogen and oxygen atoms in total. The van der Waals surface area contributed by atoms with E-state index in [-0.39, 0.29) is 5.75 Å². The second-order valence-electron chi connectivity index (χ2n) is 3.92. The van der Waals surface area contributed by atoms with Gasteiger partial charge < -0.3 is 15.8 Å². The molecule has 4 heteroatoms. The Balaban J connectivity index is 2.59. The zero-order chi connectivity index (χ0) is 12.0. The summed E-state index contributed by atoms with van der Waals surface area (Å²) in [7, 11) is 0. The number of H-pyrrole nitrogens is 1. The second kappa shape index (κ2) is 3.25.